The maximum atomic E-state index is 12.5. The first kappa shape index (κ1) is 23.0. The van der Waals surface area contributed by atoms with Crippen LogP contribution in [-0.4, -0.2) is 36.8 Å². The summed E-state index contributed by atoms with van der Waals surface area (Å²) in [5.74, 6) is -3.14. The molecular formula is C20H26N2O6. The maximum Gasteiger partial charge on any atom is 0.408 e. The third kappa shape index (κ3) is 6.91. The van der Waals surface area contributed by atoms with Crippen molar-refractivity contribution in [3.05, 3.63) is 35.4 Å². The lowest BCUT2D eigenvalue weighted by Crippen LogP contribution is -2.44. The van der Waals surface area contributed by atoms with Crippen molar-refractivity contribution in [2.24, 2.45) is 5.92 Å². The lowest BCUT2D eigenvalue weighted by Gasteiger charge is -2.27. The van der Waals surface area contributed by atoms with Crippen LogP contribution in [0.5, 0.6) is 0 Å². The van der Waals surface area contributed by atoms with Gasteiger partial charge < -0.3 is 19.5 Å². The van der Waals surface area contributed by atoms with Crippen LogP contribution in [0.1, 0.15) is 51.8 Å². The van der Waals surface area contributed by atoms with Crippen molar-refractivity contribution in [1.82, 2.24) is 5.32 Å². The van der Waals surface area contributed by atoms with Gasteiger partial charge in [-0.15, -0.1) is 0 Å². The van der Waals surface area contributed by atoms with Gasteiger partial charge in [0.15, 0.2) is 5.92 Å². The number of nitriles is 1. The number of carbonyl (C=O) groups is 3. The van der Waals surface area contributed by atoms with Gasteiger partial charge in [0.1, 0.15) is 5.60 Å². The van der Waals surface area contributed by atoms with Gasteiger partial charge in [0.2, 0.25) is 0 Å². The Morgan fingerprint density at radius 2 is 1.68 bits per heavy atom. The quantitative estimate of drug-likeness (QED) is 0.432. The average Bonchev–Trinajstić information content (AvgIpc) is 2.60. The minimum atomic E-state index is -1.46. The maximum absolute atomic E-state index is 12.5. The smallest absolute Gasteiger partial charge is 0.408 e. The van der Waals surface area contributed by atoms with E-state index in [0.29, 0.717) is 11.1 Å². The third-order valence-corrected chi connectivity index (χ3v) is 3.46. The zero-order valence-corrected chi connectivity index (χ0v) is 16.8. The van der Waals surface area contributed by atoms with E-state index in [0.717, 1.165) is 0 Å². The normalized spacial score (nSPS) is 11.9. The predicted octanol–water partition coefficient (Wildman–Crippen LogP) is 2.87. The first-order valence-corrected chi connectivity index (χ1v) is 8.95. The molecule has 8 heteroatoms. The molecule has 1 aromatic carbocycles. The van der Waals surface area contributed by atoms with Gasteiger partial charge in [0.25, 0.3) is 0 Å². The van der Waals surface area contributed by atoms with Gasteiger partial charge in [-0.2, -0.15) is 5.26 Å². The van der Waals surface area contributed by atoms with Crippen LogP contribution in [0.25, 0.3) is 0 Å². The summed E-state index contributed by atoms with van der Waals surface area (Å²) in [6.45, 7) is 8.36. The summed E-state index contributed by atoms with van der Waals surface area (Å²) in [4.78, 5) is 37.4. The number of alkyl carbamates (subject to hydrolysis) is 1. The molecule has 8 nitrogen and oxygen atoms in total. The van der Waals surface area contributed by atoms with Crippen LogP contribution >= 0.6 is 0 Å². The zero-order chi connectivity index (χ0) is 21.3. The van der Waals surface area contributed by atoms with Gasteiger partial charge in [-0.05, 0) is 52.3 Å². The van der Waals surface area contributed by atoms with Gasteiger partial charge in [0.05, 0.1) is 30.9 Å². The SMILES string of the molecule is CCOC(=O)C(C(=O)OCC)C(NC(=O)OC(C)(C)C)c1cccc(C#N)c1. The second kappa shape index (κ2) is 10.3. The van der Waals surface area contributed by atoms with Crippen LogP contribution in [0.3, 0.4) is 0 Å². The molecule has 0 aliphatic carbocycles. The molecule has 1 amide bonds. The first-order valence-electron chi connectivity index (χ1n) is 8.95. The van der Waals surface area contributed by atoms with Crippen LogP contribution in [0.4, 0.5) is 4.79 Å². The van der Waals surface area contributed by atoms with Gasteiger partial charge in [-0.1, -0.05) is 12.1 Å². The molecule has 152 valence electrons. The Balaban J connectivity index is 3.38. The van der Waals surface area contributed by atoms with Crippen LogP contribution in [0, 0.1) is 17.2 Å². The van der Waals surface area contributed by atoms with Crippen LogP contribution in [0.15, 0.2) is 24.3 Å². The average molecular weight is 390 g/mol. The van der Waals surface area contributed by atoms with Crippen molar-refractivity contribution in [3.8, 4) is 6.07 Å². The summed E-state index contributed by atoms with van der Waals surface area (Å²) in [7, 11) is 0. The van der Waals surface area contributed by atoms with Crippen molar-refractivity contribution >= 4 is 18.0 Å². The summed E-state index contributed by atoms with van der Waals surface area (Å²) in [6, 6.07) is 7.07. The minimum Gasteiger partial charge on any atom is -0.465 e. The van der Waals surface area contributed by atoms with E-state index in [-0.39, 0.29) is 13.2 Å². The Labute approximate surface area is 164 Å². The van der Waals surface area contributed by atoms with Crippen LogP contribution in [0.2, 0.25) is 0 Å². The summed E-state index contributed by atoms with van der Waals surface area (Å²) >= 11 is 0. The molecule has 1 aromatic rings. The molecule has 1 rings (SSSR count). The Hall–Kier alpha value is -3.08. The van der Waals surface area contributed by atoms with E-state index < -0.39 is 35.6 Å². The van der Waals surface area contributed by atoms with E-state index in [9.17, 15) is 14.4 Å². The van der Waals surface area contributed by atoms with Crippen molar-refractivity contribution in [3.63, 3.8) is 0 Å². The van der Waals surface area contributed by atoms with E-state index in [2.05, 4.69) is 5.32 Å². The molecule has 0 aliphatic heterocycles. The Morgan fingerprint density at radius 1 is 1.11 bits per heavy atom. The molecule has 1 N–H and O–H groups in total. The number of nitrogens with one attached hydrogen (secondary N) is 1. The van der Waals surface area contributed by atoms with E-state index in [4.69, 9.17) is 19.5 Å². The Kier molecular flexibility index (Phi) is 8.45. The molecule has 0 bridgehead atoms. The molecule has 0 saturated heterocycles. The molecule has 28 heavy (non-hydrogen) atoms. The van der Waals surface area contributed by atoms with Crippen LogP contribution < -0.4 is 5.32 Å². The highest BCUT2D eigenvalue weighted by Gasteiger charge is 2.40. The molecule has 0 radical (unpaired) electrons. The van der Waals surface area contributed by atoms with Gasteiger partial charge in [-0.3, -0.25) is 9.59 Å². The largest absolute Gasteiger partial charge is 0.465 e. The lowest BCUT2D eigenvalue weighted by atomic mass is 9.92. The fourth-order valence-electron chi connectivity index (χ4n) is 2.43. The molecule has 0 aliphatic rings. The topological polar surface area (TPSA) is 115 Å². The van der Waals surface area contributed by atoms with Crippen molar-refractivity contribution in [2.45, 2.75) is 46.3 Å². The second-order valence-corrected chi connectivity index (χ2v) is 6.84. The lowest BCUT2D eigenvalue weighted by molar-refractivity contribution is -0.163. The van der Waals surface area contributed by atoms with Crippen molar-refractivity contribution in [2.75, 3.05) is 13.2 Å². The molecule has 0 spiro atoms. The number of nitrogens with zero attached hydrogens (tertiary/aromatic N) is 1. The van der Waals surface area contributed by atoms with Crippen molar-refractivity contribution in [1.29, 1.82) is 5.26 Å². The van der Waals surface area contributed by atoms with E-state index in [1.165, 1.54) is 6.07 Å². The second-order valence-electron chi connectivity index (χ2n) is 6.84. The summed E-state index contributed by atoms with van der Waals surface area (Å²) in [5.41, 5.74) is -0.108. The fourth-order valence-corrected chi connectivity index (χ4v) is 2.43. The number of hydrogen-bond acceptors (Lipinski definition) is 7. The molecule has 0 saturated carbocycles. The number of amides is 1. The molecule has 1 atom stereocenters. The molecular weight excluding hydrogens is 364 g/mol. The van der Waals surface area contributed by atoms with Crippen molar-refractivity contribution < 1.29 is 28.6 Å². The highest BCUT2D eigenvalue weighted by Crippen LogP contribution is 2.26. The molecule has 0 fully saturated rings. The van der Waals surface area contributed by atoms with Crippen LogP contribution in [-0.2, 0) is 23.8 Å². The Morgan fingerprint density at radius 3 is 2.14 bits per heavy atom. The molecule has 0 heterocycles. The summed E-state index contributed by atoms with van der Waals surface area (Å²) in [5, 5.41) is 11.7. The predicted molar refractivity (Wildman–Crippen MR) is 100 cm³/mol. The number of benzene rings is 1. The zero-order valence-electron chi connectivity index (χ0n) is 16.8. The molecule has 0 aromatic heterocycles. The Bertz CT molecular complexity index is 730. The first-order chi connectivity index (χ1) is 13.1. The number of ether oxygens (including phenoxy) is 3. The van der Waals surface area contributed by atoms with E-state index >= 15 is 0 Å². The van der Waals surface area contributed by atoms with Gasteiger partial charge in [0, 0.05) is 0 Å². The van der Waals surface area contributed by atoms with Gasteiger partial charge >= 0.3 is 18.0 Å². The fraction of sp³-hybridized carbons (Fsp3) is 0.500. The van der Waals surface area contributed by atoms with E-state index in [1.807, 2.05) is 6.07 Å². The minimum absolute atomic E-state index is 0.0477. The number of esters is 2. The van der Waals surface area contributed by atoms with E-state index in [1.54, 1.807) is 52.8 Å². The molecule has 1 unspecified atom stereocenters. The monoisotopic (exact) mass is 390 g/mol. The number of rotatable bonds is 7. The standard InChI is InChI=1S/C20H26N2O6/c1-6-26-17(23)15(18(24)27-7-2)16(22-19(25)28-20(3,4)5)14-10-8-9-13(11-14)12-21/h8-11,15-16H,6-7H2,1-5H3,(H,22,25). The van der Waals surface area contributed by atoms with Gasteiger partial charge in [-0.25, -0.2) is 4.79 Å². The summed E-state index contributed by atoms with van der Waals surface area (Å²) < 4.78 is 15.3. The number of carbonyl (C=O) groups excluding carboxylic acids is 3. The third-order valence-electron chi connectivity index (χ3n) is 3.46. The summed E-state index contributed by atoms with van der Waals surface area (Å²) in [6.07, 6.45) is -0.821. The highest BCUT2D eigenvalue weighted by molar-refractivity contribution is 5.96. The number of hydrogen-bond donors (Lipinski definition) is 1. The highest BCUT2D eigenvalue weighted by atomic mass is 16.6.